The fraction of sp³-hybridized carbons (Fsp3) is 0.323. The fourth-order valence-corrected chi connectivity index (χ4v) is 5.28. The average Bonchev–Trinajstić information content (AvgIpc) is 3.69. The molecule has 0 radical (unpaired) electrons. The van der Waals surface area contributed by atoms with Crippen molar-refractivity contribution in [1.29, 1.82) is 0 Å². The Kier molecular flexibility index (Phi) is 9.02. The van der Waals surface area contributed by atoms with Crippen molar-refractivity contribution in [3.8, 4) is 22.9 Å². The number of rotatable bonds is 10. The molecule has 0 bridgehead atoms. The summed E-state index contributed by atoms with van der Waals surface area (Å²) in [7, 11) is 3.07. The van der Waals surface area contributed by atoms with Crippen molar-refractivity contribution in [3.63, 3.8) is 0 Å². The highest BCUT2D eigenvalue weighted by Crippen LogP contribution is 2.35. The Bertz CT molecular complexity index is 1530. The zero-order valence-electron chi connectivity index (χ0n) is 23.8. The third-order valence-electron chi connectivity index (χ3n) is 7.34. The third kappa shape index (κ3) is 6.54. The number of amides is 2. The molecule has 218 valence electrons. The van der Waals surface area contributed by atoms with Crippen molar-refractivity contribution in [2.24, 2.45) is 0 Å². The maximum atomic E-state index is 14.2. The quantitative estimate of drug-likeness (QED) is 0.273. The average molecular weight is 589 g/mol. The van der Waals surface area contributed by atoms with Crippen LogP contribution >= 0.6 is 11.6 Å². The second kappa shape index (κ2) is 13.0. The van der Waals surface area contributed by atoms with Gasteiger partial charge in [0.25, 0.3) is 5.91 Å². The fourth-order valence-electron chi connectivity index (χ4n) is 5.16. The first-order valence-corrected chi connectivity index (χ1v) is 14.2. The lowest BCUT2D eigenvalue weighted by molar-refractivity contribution is -0.127. The van der Waals surface area contributed by atoms with Gasteiger partial charge in [0.15, 0.2) is 11.5 Å². The van der Waals surface area contributed by atoms with Crippen LogP contribution < -0.4 is 19.7 Å². The molecule has 2 amide bonds. The molecular formula is C31H33ClN6O4. The van der Waals surface area contributed by atoms with E-state index >= 15 is 0 Å². The molecule has 1 aliphatic carbocycles. The Labute approximate surface area is 249 Å². The predicted octanol–water partition coefficient (Wildman–Crippen LogP) is 5.15. The highest BCUT2D eigenvalue weighted by molar-refractivity contribution is 6.30. The van der Waals surface area contributed by atoms with Crippen LogP contribution in [0.2, 0.25) is 5.02 Å². The molecule has 1 aliphatic rings. The van der Waals surface area contributed by atoms with Crippen molar-refractivity contribution in [2.75, 3.05) is 19.1 Å². The molecule has 0 saturated heterocycles. The van der Waals surface area contributed by atoms with Gasteiger partial charge in [0.05, 0.1) is 14.2 Å². The number of ether oxygens (including phenoxy) is 2. The molecule has 3 aromatic carbocycles. The molecule has 1 atom stereocenters. The van der Waals surface area contributed by atoms with Gasteiger partial charge in [-0.2, -0.15) is 4.80 Å². The number of aromatic nitrogens is 4. The smallest absolute Gasteiger partial charge is 0.251 e. The molecule has 0 spiro atoms. The van der Waals surface area contributed by atoms with E-state index in [-0.39, 0.29) is 18.5 Å². The van der Waals surface area contributed by atoms with Gasteiger partial charge in [-0.1, -0.05) is 60.3 Å². The number of tetrazole rings is 1. The maximum Gasteiger partial charge on any atom is 0.251 e. The number of methoxy groups -OCH3 is 2. The lowest BCUT2D eigenvalue weighted by Gasteiger charge is -2.32. The highest BCUT2D eigenvalue weighted by atomic mass is 35.5. The van der Waals surface area contributed by atoms with E-state index in [9.17, 15) is 9.59 Å². The van der Waals surface area contributed by atoms with E-state index in [1.54, 1.807) is 49.6 Å². The van der Waals surface area contributed by atoms with Gasteiger partial charge in [0, 0.05) is 22.3 Å². The van der Waals surface area contributed by atoms with Gasteiger partial charge in [0.2, 0.25) is 11.7 Å². The lowest BCUT2D eigenvalue weighted by Crippen LogP contribution is -2.47. The molecule has 1 N–H and O–H groups in total. The molecule has 1 heterocycles. The second-order valence-electron chi connectivity index (χ2n) is 10.3. The summed E-state index contributed by atoms with van der Waals surface area (Å²) in [4.78, 5) is 30.9. The van der Waals surface area contributed by atoms with E-state index in [0.29, 0.717) is 33.6 Å². The predicted molar refractivity (Wildman–Crippen MR) is 160 cm³/mol. The topological polar surface area (TPSA) is 111 Å². The second-order valence-corrected chi connectivity index (χ2v) is 10.7. The number of hydrogen-bond acceptors (Lipinski definition) is 7. The Balaban J connectivity index is 1.54. The van der Waals surface area contributed by atoms with Crippen LogP contribution in [0, 0.1) is 6.92 Å². The highest BCUT2D eigenvalue weighted by Gasteiger charge is 2.35. The van der Waals surface area contributed by atoms with Crippen LogP contribution in [0.3, 0.4) is 0 Å². The summed E-state index contributed by atoms with van der Waals surface area (Å²) in [6.45, 7) is 1.75. The molecule has 0 unspecified atom stereocenters. The largest absolute Gasteiger partial charge is 0.493 e. The monoisotopic (exact) mass is 588 g/mol. The van der Waals surface area contributed by atoms with E-state index in [1.165, 1.54) is 16.8 Å². The minimum absolute atomic E-state index is 0.0383. The number of nitrogens with zero attached hydrogens (tertiary/aromatic N) is 5. The van der Waals surface area contributed by atoms with Crippen LogP contribution in [0.25, 0.3) is 11.4 Å². The minimum atomic E-state index is -1.03. The van der Waals surface area contributed by atoms with Crippen molar-refractivity contribution in [1.82, 2.24) is 25.5 Å². The summed E-state index contributed by atoms with van der Waals surface area (Å²) >= 11 is 6.20. The van der Waals surface area contributed by atoms with Crippen molar-refractivity contribution in [2.45, 2.75) is 51.2 Å². The Morgan fingerprint density at radius 2 is 1.69 bits per heavy atom. The molecular weight excluding hydrogens is 556 g/mol. The summed E-state index contributed by atoms with van der Waals surface area (Å²) in [5.41, 5.74) is 2.94. The molecule has 1 fully saturated rings. The lowest BCUT2D eigenvalue weighted by atomic mass is 10.0. The molecule has 42 heavy (non-hydrogen) atoms. The molecule has 5 rings (SSSR count). The first kappa shape index (κ1) is 29.1. The zero-order valence-corrected chi connectivity index (χ0v) is 24.5. The van der Waals surface area contributed by atoms with Gasteiger partial charge in [-0.25, -0.2) is 0 Å². The third-order valence-corrected chi connectivity index (χ3v) is 7.60. The normalized spacial score (nSPS) is 13.9. The van der Waals surface area contributed by atoms with Crippen LogP contribution in [-0.4, -0.2) is 52.3 Å². The van der Waals surface area contributed by atoms with Crippen LogP contribution in [0.5, 0.6) is 11.5 Å². The Morgan fingerprint density at radius 1 is 1.00 bits per heavy atom. The first-order valence-electron chi connectivity index (χ1n) is 13.8. The van der Waals surface area contributed by atoms with E-state index in [1.807, 2.05) is 31.2 Å². The molecule has 10 nitrogen and oxygen atoms in total. The molecule has 11 heteroatoms. The van der Waals surface area contributed by atoms with E-state index in [2.05, 4.69) is 20.7 Å². The summed E-state index contributed by atoms with van der Waals surface area (Å²) in [6.07, 6.45) is 3.88. The summed E-state index contributed by atoms with van der Waals surface area (Å²) < 4.78 is 11.0. The van der Waals surface area contributed by atoms with Crippen molar-refractivity contribution >= 4 is 29.1 Å². The van der Waals surface area contributed by atoms with Crippen molar-refractivity contribution < 1.29 is 19.1 Å². The zero-order chi connectivity index (χ0) is 29.6. The van der Waals surface area contributed by atoms with Gasteiger partial charge in [-0.15, -0.1) is 10.2 Å². The van der Waals surface area contributed by atoms with E-state index < -0.39 is 11.9 Å². The van der Waals surface area contributed by atoms with Gasteiger partial charge in [-0.05, 0) is 66.9 Å². The van der Waals surface area contributed by atoms with Gasteiger partial charge >= 0.3 is 0 Å². The van der Waals surface area contributed by atoms with Gasteiger partial charge < -0.3 is 14.8 Å². The number of carbonyl (C=O) groups excluding carboxylic acids is 2. The van der Waals surface area contributed by atoms with Crippen LogP contribution in [0.4, 0.5) is 5.69 Å². The van der Waals surface area contributed by atoms with Crippen LogP contribution in [-0.2, 0) is 16.1 Å². The maximum absolute atomic E-state index is 14.2. The van der Waals surface area contributed by atoms with Gasteiger partial charge in [0.1, 0.15) is 12.6 Å². The minimum Gasteiger partial charge on any atom is -0.493 e. The molecule has 1 aromatic heterocycles. The van der Waals surface area contributed by atoms with Crippen LogP contribution in [0.1, 0.15) is 42.9 Å². The molecule has 1 saturated carbocycles. The number of benzene rings is 3. The van der Waals surface area contributed by atoms with Gasteiger partial charge in [-0.3, -0.25) is 14.5 Å². The number of anilines is 1. The number of hydrogen-bond donors (Lipinski definition) is 1. The summed E-state index contributed by atoms with van der Waals surface area (Å²) in [5, 5.41) is 16.4. The SMILES string of the molecule is COc1ccc([C@@H](C(=O)NC2CCCC2)N(C(=O)Cn2nnc(-c3ccc(C)cc3)n2)c2ccc(Cl)cc2)cc1OC. The van der Waals surface area contributed by atoms with E-state index in [0.717, 1.165) is 36.8 Å². The molecule has 0 aliphatic heterocycles. The summed E-state index contributed by atoms with van der Waals surface area (Å²) in [6, 6.07) is 18.7. The number of halogens is 1. The number of aryl methyl sites for hydroxylation is 1. The van der Waals surface area contributed by atoms with Crippen LogP contribution in [0.15, 0.2) is 66.7 Å². The molecule has 4 aromatic rings. The Hall–Kier alpha value is -4.44. The number of nitrogens with one attached hydrogen (secondary N) is 1. The first-order chi connectivity index (χ1) is 20.4. The van der Waals surface area contributed by atoms with Crippen molar-refractivity contribution in [3.05, 3.63) is 82.9 Å². The Morgan fingerprint density at radius 3 is 2.36 bits per heavy atom. The standard InChI is InChI=1S/C31H33ClN6O4/c1-20-8-10-21(11-9-20)30-34-36-37(35-30)19-28(39)38(25-15-13-23(32)14-16-25)29(31(40)33-24-6-4-5-7-24)22-12-17-26(41-2)27(18-22)42-3/h8-18,24,29H,4-7,19H2,1-3H3,(H,33,40)/t29-/m0/s1. The van der Waals surface area contributed by atoms with E-state index in [4.69, 9.17) is 21.1 Å². The number of carbonyl (C=O) groups is 2. The summed E-state index contributed by atoms with van der Waals surface area (Å²) in [5.74, 6) is 0.640.